The number of nitrogens with zero attached hydrogens (tertiary/aromatic N) is 2. The van der Waals surface area contributed by atoms with Crippen LogP contribution in [0.5, 0.6) is 0 Å². The smallest absolute Gasteiger partial charge is 0.249 e. The van der Waals surface area contributed by atoms with Crippen molar-refractivity contribution < 1.29 is 9.59 Å². The van der Waals surface area contributed by atoms with Crippen molar-refractivity contribution >= 4 is 34.7 Å². The Kier molecular flexibility index (Phi) is 5.75. The fourth-order valence-corrected chi connectivity index (χ4v) is 4.33. The summed E-state index contributed by atoms with van der Waals surface area (Å²) in [6.07, 6.45) is 9.55. The highest BCUT2D eigenvalue weighted by molar-refractivity contribution is 6.06. The molecule has 2 fully saturated rings. The van der Waals surface area contributed by atoms with Gasteiger partial charge in [-0.3, -0.25) is 14.9 Å². The largest absolute Gasteiger partial charge is 0.358 e. The molecule has 2 heterocycles. The van der Waals surface area contributed by atoms with Crippen molar-refractivity contribution in [3.05, 3.63) is 41.6 Å². The van der Waals surface area contributed by atoms with Crippen LogP contribution in [0, 0.1) is 5.92 Å². The minimum absolute atomic E-state index is 0.203. The molecule has 2 amide bonds. The van der Waals surface area contributed by atoms with Gasteiger partial charge in [-0.05, 0) is 57.1 Å². The zero-order valence-electron chi connectivity index (χ0n) is 18.0. The van der Waals surface area contributed by atoms with E-state index < -0.39 is 6.04 Å². The molecular weight excluding hydrogens is 376 g/mol. The number of rotatable bonds is 6. The van der Waals surface area contributed by atoms with Crippen molar-refractivity contribution in [3.63, 3.8) is 0 Å². The molecule has 1 unspecified atom stereocenters. The Morgan fingerprint density at radius 1 is 1.23 bits per heavy atom. The molecule has 0 aromatic heterocycles. The van der Waals surface area contributed by atoms with Crippen LogP contribution in [0.15, 0.2) is 41.0 Å². The summed E-state index contributed by atoms with van der Waals surface area (Å²) in [5, 5.41) is 6.18. The molecule has 1 aromatic rings. The molecule has 2 N–H and O–H groups in total. The van der Waals surface area contributed by atoms with Gasteiger partial charge in [0.25, 0.3) is 0 Å². The number of imide groups is 1. The summed E-state index contributed by atoms with van der Waals surface area (Å²) >= 11 is 0. The van der Waals surface area contributed by atoms with Crippen LogP contribution in [-0.2, 0) is 9.59 Å². The van der Waals surface area contributed by atoms with Gasteiger partial charge >= 0.3 is 0 Å². The fourth-order valence-electron chi connectivity index (χ4n) is 4.33. The maximum atomic E-state index is 12.7. The number of carbonyl (C=O) groups excluding carboxylic acids is 2. The van der Waals surface area contributed by atoms with Gasteiger partial charge in [-0.25, -0.2) is 4.99 Å². The highest BCUT2D eigenvalue weighted by Gasteiger charge is 2.37. The number of anilines is 1. The van der Waals surface area contributed by atoms with E-state index in [1.165, 1.54) is 18.5 Å². The molecule has 0 bridgehead atoms. The first kappa shape index (κ1) is 20.4. The van der Waals surface area contributed by atoms with Gasteiger partial charge in [-0.15, -0.1) is 0 Å². The molecule has 3 aliphatic rings. The quantitative estimate of drug-likeness (QED) is 0.670. The molecule has 1 saturated heterocycles. The lowest BCUT2D eigenvalue weighted by atomic mass is 9.97. The number of hydrogen-bond acceptors (Lipinski definition) is 5. The minimum atomic E-state index is -0.431. The minimum Gasteiger partial charge on any atom is -0.358 e. The highest BCUT2D eigenvalue weighted by atomic mass is 16.2. The number of fused-ring (bicyclic) bond motifs is 1. The SMILES string of the molecule is CC/C=C(/Nc1cccc2c1/C(=C\CC)N(C1CCC(=O)NC1=O)C(C)=N2)C1CC1. The number of piperidine rings is 1. The number of amides is 2. The number of allylic oxidation sites excluding steroid dienone is 3. The highest BCUT2D eigenvalue weighted by Crippen LogP contribution is 2.43. The number of hydrogen-bond donors (Lipinski definition) is 2. The zero-order chi connectivity index (χ0) is 21.3. The van der Waals surface area contributed by atoms with Crippen molar-refractivity contribution in [1.82, 2.24) is 10.2 Å². The van der Waals surface area contributed by atoms with E-state index in [1.807, 2.05) is 24.0 Å². The molecule has 0 spiro atoms. The topological polar surface area (TPSA) is 73.8 Å². The normalized spacial score (nSPS) is 23.2. The second-order valence-electron chi connectivity index (χ2n) is 8.16. The lowest BCUT2D eigenvalue weighted by Gasteiger charge is -2.39. The summed E-state index contributed by atoms with van der Waals surface area (Å²) in [5.41, 5.74) is 5.22. The van der Waals surface area contributed by atoms with Crippen molar-refractivity contribution in [3.8, 4) is 0 Å². The average Bonchev–Trinajstić information content (AvgIpc) is 3.54. The Bertz CT molecular complexity index is 956. The van der Waals surface area contributed by atoms with Gasteiger partial charge in [0.15, 0.2) is 0 Å². The predicted octanol–water partition coefficient (Wildman–Crippen LogP) is 4.72. The summed E-state index contributed by atoms with van der Waals surface area (Å²) in [6, 6.07) is 5.71. The first-order chi connectivity index (χ1) is 14.5. The molecule has 158 valence electrons. The lowest BCUT2D eigenvalue weighted by Crippen LogP contribution is -2.53. The van der Waals surface area contributed by atoms with Crippen LogP contribution in [-0.4, -0.2) is 28.6 Å². The Morgan fingerprint density at radius 3 is 2.70 bits per heavy atom. The van der Waals surface area contributed by atoms with Crippen LogP contribution >= 0.6 is 0 Å². The number of benzene rings is 1. The third kappa shape index (κ3) is 3.91. The maximum absolute atomic E-state index is 12.7. The molecule has 2 aliphatic heterocycles. The van der Waals surface area contributed by atoms with E-state index >= 15 is 0 Å². The maximum Gasteiger partial charge on any atom is 0.249 e. The third-order valence-electron chi connectivity index (χ3n) is 5.83. The average molecular weight is 407 g/mol. The molecule has 6 heteroatoms. The van der Waals surface area contributed by atoms with Crippen LogP contribution in [0.2, 0.25) is 0 Å². The van der Waals surface area contributed by atoms with Crippen molar-refractivity contribution in [1.29, 1.82) is 0 Å². The van der Waals surface area contributed by atoms with Crippen LogP contribution in [0.1, 0.15) is 64.9 Å². The molecule has 0 radical (unpaired) electrons. The van der Waals surface area contributed by atoms with E-state index in [0.717, 1.165) is 41.3 Å². The second kappa shape index (κ2) is 8.46. The van der Waals surface area contributed by atoms with Gasteiger partial charge in [-0.1, -0.05) is 32.1 Å². The van der Waals surface area contributed by atoms with Crippen molar-refractivity contribution in [2.45, 2.75) is 65.3 Å². The van der Waals surface area contributed by atoms with Gasteiger partial charge < -0.3 is 10.2 Å². The summed E-state index contributed by atoms with van der Waals surface area (Å²) in [6.45, 7) is 6.19. The molecule has 4 rings (SSSR count). The van der Waals surface area contributed by atoms with E-state index in [0.29, 0.717) is 18.8 Å². The second-order valence-corrected chi connectivity index (χ2v) is 8.16. The lowest BCUT2D eigenvalue weighted by molar-refractivity contribution is -0.135. The van der Waals surface area contributed by atoms with E-state index in [9.17, 15) is 9.59 Å². The predicted molar refractivity (Wildman–Crippen MR) is 120 cm³/mol. The molecule has 6 nitrogen and oxygen atoms in total. The molecule has 30 heavy (non-hydrogen) atoms. The van der Waals surface area contributed by atoms with Crippen LogP contribution in [0.3, 0.4) is 0 Å². The van der Waals surface area contributed by atoms with Gasteiger partial charge in [-0.2, -0.15) is 0 Å². The Balaban J connectivity index is 1.77. The molecule has 1 atom stereocenters. The monoisotopic (exact) mass is 406 g/mol. The van der Waals surface area contributed by atoms with E-state index in [1.54, 1.807) is 0 Å². The van der Waals surface area contributed by atoms with E-state index in [-0.39, 0.29) is 11.8 Å². The summed E-state index contributed by atoms with van der Waals surface area (Å²) in [5.74, 6) is 0.937. The van der Waals surface area contributed by atoms with Gasteiger partial charge in [0, 0.05) is 23.4 Å². The summed E-state index contributed by atoms with van der Waals surface area (Å²) in [7, 11) is 0. The summed E-state index contributed by atoms with van der Waals surface area (Å²) in [4.78, 5) is 31.2. The van der Waals surface area contributed by atoms with Gasteiger partial charge in [0.2, 0.25) is 11.8 Å². The first-order valence-corrected chi connectivity index (χ1v) is 11.0. The molecular formula is C24H30N4O2. The van der Waals surface area contributed by atoms with Crippen molar-refractivity contribution in [2.24, 2.45) is 10.9 Å². The number of amidine groups is 1. The Morgan fingerprint density at radius 2 is 2.03 bits per heavy atom. The number of aliphatic imine (C=N–C) groups is 1. The van der Waals surface area contributed by atoms with Crippen LogP contribution < -0.4 is 10.6 Å². The van der Waals surface area contributed by atoms with Gasteiger partial charge in [0.05, 0.1) is 11.4 Å². The van der Waals surface area contributed by atoms with E-state index in [2.05, 4.69) is 42.7 Å². The first-order valence-electron chi connectivity index (χ1n) is 11.0. The van der Waals surface area contributed by atoms with Crippen LogP contribution in [0.25, 0.3) is 5.70 Å². The molecule has 1 aromatic carbocycles. The van der Waals surface area contributed by atoms with Gasteiger partial charge in [0.1, 0.15) is 11.9 Å². The standard InChI is InChI=1S/C24H30N4O2/c1-4-7-17(16-11-12-16)26-19-10-6-9-18-23(19)20(8-5-2)28(15(3)25-18)21-13-14-22(29)27-24(21)30/h6-10,16,21,26H,4-5,11-14H2,1-3H3,(H,27,29,30)/b17-7+,20-8+. The number of carbonyl (C=O) groups is 2. The molecule has 1 saturated carbocycles. The molecule has 1 aliphatic carbocycles. The summed E-state index contributed by atoms with van der Waals surface area (Å²) < 4.78 is 0. The van der Waals surface area contributed by atoms with E-state index in [4.69, 9.17) is 4.99 Å². The Hall–Kier alpha value is -2.89. The zero-order valence-corrected chi connectivity index (χ0v) is 18.0. The fraction of sp³-hybridized carbons (Fsp3) is 0.458. The Labute approximate surface area is 178 Å². The van der Waals surface area contributed by atoms with Crippen molar-refractivity contribution in [2.75, 3.05) is 5.32 Å². The van der Waals surface area contributed by atoms with Crippen LogP contribution in [0.4, 0.5) is 11.4 Å². The third-order valence-corrected chi connectivity index (χ3v) is 5.83. The number of nitrogens with one attached hydrogen (secondary N) is 2.